The van der Waals surface area contributed by atoms with Crippen LogP contribution in [0.15, 0.2) is 24.4 Å². The molecule has 1 amide bonds. The Bertz CT molecular complexity index is 802. The molecule has 7 nitrogen and oxygen atoms in total. The fraction of sp³-hybridized carbons (Fsp3) is 0.231. The molecule has 0 atom stereocenters. The smallest absolute Gasteiger partial charge is 0.271 e. The zero-order valence-electron chi connectivity index (χ0n) is 10.6. The summed E-state index contributed by atoms with van der Waals surface area (Å²) in [6.07, 6.45) is 3.58. The Hall–Kier alpha value is -2.70. The third kappa shape index (κ3) is 1.59. The molecular formula is C13H12N6O. The molecule has 3 aromatic rings. The van der Waals surface area contributed by atoms with E-state index >= 15 is 0 Å². The molecule has 7 heteroatoms. The van der Waals surface area contributed by atoms with Gasteiger partial charge in [0.15, 0.2) is 11.5 Å². The summed E-state index contributed by atoms with van der Waals surface area (Å²) in [7, 11) is 0. The van der Waals surface area contributed by atoms with Crippen LogP contribution in [0.25, 0.3) is 17.3 Å². The van der Waals surface area contributed by atoms with Crippen molar-refractivity contribution in [1.82, 2.24) is 29.9 Å². The number of H-pyrrole nitrogens is 1. The van der Waals surface area contributed by atoms with Crippen LogP contribution in [-0.2, 0) is 6.42 Å². The summed E-state index contributed by atoms with van der Waals surface area (Å²) in [4.78, 5) is 19.5. The lowest BCUT2D eigenvalue weighted by Crippen LogP contribution is -2.23. The highest BCUT2D eigenvalue weighted by Gasteiger charge is 2.22. The first-order chi connectivity index (χ1) is 9.83. The second-order valence-corrected chi connectivity index (χ2v) is 4.72. The largest absolute Gasteiger partial charge is 0.351 e. The number of nitrogens with zero attached hydrogens (tertiary/aromatic N) is 4. The predicted octanol–water partition coefficient (Wildman–Crippen LogP) is 0.795. The zero-order chi connectivity index (χ0) is 13.5. The van der Waals surface area contributed by atoms with Crippen LogP contribution in [0.1, 0.15) is 22.6 Å². The summed E-state index contributed by atoms with van der Waals surface area (Å²) >= 11 is 0. The molecule has 1 aliphatic heterocycles. The first-order valence-electron chi connectivity index (χ1n) is 6.50. The van der Waals surface area contributed by atoms with Crippen molar-refractivity contribution in [2.24, 2.45) is 0 Å². The maximum atomic E-state index is 11.9. The number of fused-ring (bicyclic) bond motifs is 2. The minimum absolute atomic E-state index is 0.131. The van der Waals surface area contributed by atoms with Gasteiger partial charge in [-0.05, 0) is 25.0 Å². The third-order valence-corrected chi connectivity index (χ3v) is 3.41. The fourth-order valence-electron chi connectivity index (χ4n) is 2.44. The highest BCUT2D eigenvalue weighted by Crippen LogP contribution is 2.19. The fourth-order valence-corrected chi connectivity index (χ4v) is 2.44. The van der Waals surface area contributed by atoms with Crippen molar-refractivity contribution in [2.45, 2.75) is 12.8 Å². The Morgan fingerprint density at radius 2 is 2.20 bits per heavy atom. The molecule has 100 valence electrons. The topological polar surface area (TPSA) is 88.0 Å². The van der Waals surface area contributed by atoms with Gasteiger partial charge in [0.25, 0.3) is 5.91 Å². The number of hydrogen-bond donors (Lipinski definition) is 2. The van der Waals surface area contributed by atoms with Gasteiger partial charge < -0.3 is 10.3 Å². The molecular weight excluding hydrogens is 256 g/mol. The van der Waals surface area contributed by atoms with Crippen molar-refractivity contribution in [1.29, 1.82) is 0 Å². The van der Waals surface area contributed by atoms with E-state index in [2.05, 4.69) is 25.5 Å². The number of pyridine rings is 1. The number of hydrogen-bond acceptors (Lipinski definition) is 4. The molecule has 0 saturated heterocycles. The van der Waals surface area contributed by atoms with Crippen LogP contribution in [0, 0.1) is 0 Å². The van der Waals surface area contributed by atoms with E-state index in [-0.39, 0.29) is 5.91 Å². The van der Waals surface area contributed by atoms with Gasteiger partial charge in [-0.2, -0.15) is 0 Å². The number of rotatable bonds is 1. The molecule has 1 aliphatic rings. The average Bonchev–Trinajstić information content (AvgIpc) is 3.03. The number of aromatic amines is 1. The average molecular weight is 268 g/mol. The molecule has 0 fully saturated rings. The Labute approximate surface area is 114 Å². The van der Waals surface area contributed by atoms with E-state index in [1.165, 1.54) is 0 Å². The van der Waals surface area contributed by atoms with E-state index in [1.54, 1.807) is 0 Å². The van der Waals surface area contributed by atoms with Crippen LogP contribution in [0.5, 0.6) is 0 Å². The summed E-state index contributed by atoms with van der Waals surface area (Å²) in [5.41, 5.74) is 2.08. The first kappa shape index (κ1) is 11.2. The predicted molar refractivity (Wildman–Crippen MR) is 71.2 cm³/mol. The minimum Gasteiger partial charge on any atom is -0.351 e. The van der Waals surface area contributed by atoms with Crippen LogP contribution in [0.2, 0.25) is 0 Å². The van der Waals surface area contributed by atoms with Gasteiger partial charge in [0, 0.05) is 18.4 Å². The van der Waals surface area contributed by atoms with Gasteiger partial charge >= 0.3 is 0 Å². The molecule has 0 saturated carbocycles. The van der Waals surface area contributed by atoms with Crippen LogP contribution >= 0.6 is 0 Å². The normalized spacial score (nSPS) is 14.9. The Kier molecular flexibility index (Phi) is 2.32. The van der Waals surface area contributed by atoms with Gasteiger partial charge in [-0.3, -0.25) is 9.20 Å². The molecule has 0 aromatic carbocycles. The lowest BCUT2D eigenvalue weighted by atomic mass is 10.2. The van der Waals surface area contributed by atoms with Crippen LogP contribution < -0.4 is 5.32 Å². The molecule has 2 N–H and O–H groups in total. The Morgan fingerprint density at radius 3 is 3.15 bits per heavy atom. The highest BCUT2D eigenvalue weighted by atomic mass is 16.1. The van der Waals surface area contributed by atoms with E-state index in [9.17, 15) is 4.79 Å². The maximum absolute atomic E-state index is 11.9. The molecule has 4 heterocycles. The van der Waals surface area contributed by atoms with E-state index < -0.39 is 0 Å². The van der Waals surface area contributed by atoms with E-state index in [0.29, 0.717) is 23.9 Å². The van der Waals surface area contributed by atoms with Crippen LogP contribution in [0.3, 0.4) is 0 Å². The number of aromatic nitrogens is 5. The molecule has 0 bridgehead atoms. The van der Waals surface area contributed by atoms with Crippen LogP contribution in [-0.4, -0.2) is 37.0 Å². The number of carbonyl (C=O) groups excluding carboxylic acids is 1. The lowest BCUT2D eigenvalue weighted by molar-refractivity contribution is 0.0951. The van der Waals surface area contributed by atoms with Crippen molar-refractivity contribution in [3.63, 3.8) is 0 Å². The number of nitrogens with one attached hydrogen (secondary N) is 2. The monoisotopic (exact) mass is 268 g/mol. The third-order valence-electron chi connectivity index (χ3n) is 3.41. The second-order valence-electron chi connectivity index (χ2n) is 4.72. The van der Waals surface area contributed by atoms with Crippen molar-refractivity contribution in [2.75, 3.05) is 6.54 Å². The zero-order valence-corrected chi connectivity index (χ0v) is 10.6. The molecule has 0 spiro atoms. The molecule has 0 unspecified atom stereocenters. The van der Waals surface area contributed by atoms with Gasteiger partial charge in [0.1, 0.15) is 5.69 Å². The molecule has 4 rings (SSSR count). The molecule has 0 aliphatic carbocycles. The van der Waals surface area contributed by atoms with E-state index in [1.807, 2.05) is 28.8 Å². The van der Waals surface area contributed by atoms with E-state index in [0.717, 1.165) is 24.2 Å². The van der Waals surface area contributed by atoms with Gasteiger partial charge in [0.2, 0.25) is 5.82 Å². The molecule has 0 radical (unpaired) electrons. The van der Waals surface area contributed by atoms with Gasteiger partial charge in [-0.1, -0.05) is 6.07 Å². The molecule has 20 heavy (non-hydrogen) atoms. The SMILES string of the molecule is O=C1NCCCc2[nH]c(-c3nnc4ccccn34)nc21. The maximum Gasteiger partial charge on any atom is 0.271 e. The highest BCUT2D eigenvalue weighted by molar-refractivity contribution is 5.94. The van der Waals surface area contributed by atoms with Crippen molar-refractivity contribution >= 4 is 11.6 Å². The standard InChI is InChI=1S/C13H12N6O/c20-13-10-8(4-3-6-14-13)15-11(16-10)12-18-17-9-5-1-2-7-19(9)12/h1-2,5,7H,3-4,6H2,(H,14,20)(H,15,16). The number of amides is 1. The summed E-state index contributed by atoms with van der Waals surface area (Å²) in [5.74, 6) is 1.06. The summed E-state index contributed by atoms with van der Waals surface area (Å²) in [5, 5.41) is 11.1. The number of imidazole rings is 1. The Balaban J connectivity index is 1.87. The van der Waals surface area contributed by atoms with Gasteiger partial charge in [0.05, 0.1) is 0 Å². The summed E-state index contributed by atoms with van der Waals surface area (Å²) in [6.45, 7) is 0.687. The number of aryl methyl sites for hydroxylation is 1. The first-order valence-corrected chi connectivity index (χ1v) is 6.50. The lowest BCUT2D eigenvalue weighted by Gasteiger charge is -1.97. The Morgan fingerprint density at radius 1 is 1.25 bits per heavy atom. The minimum atomic E-state index is -0.131. The van der Waals surface area contributed by atoms with Crippen molar-refractivity contribution in [3.8, 4) is 11.6 Å². The van der Waals surface area contributed by atoms with Gasteiger partial charge in [-0.15, -0.1) is 10.2 Å². The van der Waals surface area contributed by atoms with Gasteiger partial charge in [-0.25, -0.2) is 4.98 Å². The molecule has 3 aromatic heterocycles. The quantitative estimate of drug-likeness (QED) is 0.683. The van der Waals surface area contributed by atoms with E-state index in [4.69, 9.17) is 0 Å². The van der Waals surface area contributed by atoms with Crippen LogP contribution in [0.4, 0.5) is 0 Å². The summed E-state index contributed by atoms with van der Waals surface area (Å²) < 4.78 is 1.84. The van der Waals surface area contributed by atoms with Crippen molar-refractivity contribution < 1.29 is 4.79 Å². The van der Waals surface area contributed by atoms with Crippen molar-refractivity contribution in [3.05, 3.63) is 35.8 Å². The number of carbonyl (C=O) groups is 1. The summed E-state index contributed by atoms with van der Waals surface area (Å²) in [6, 6.07) is 5.68. The second kappa shape index (κ2) is 4.16.